The lowest BCUT2D eigenvalue weighted by Crippen LogP contribution is -2.49. The number of hydrogen-bond acceptors (Lipinski definition) is 3. The third kappa shape index (κ3) is 7.93. The Labute approximate surface area is 250 Å². The van der Waals surface area contributed by atoms with Gasteiger partial charge in [0, 0.05) is 32.7 Å². The predicted molar refractivity (Wildman–Crippen MR) is 154 cm³/mol. The second-order valence-electron chi connectivity index (χ2n) is 12.5. The van der Waals surface area contributed by atoms with Crippen LogP contribution in [0, 0.1) is 0 Å². The summed E-state index contributed by atoms with van der Waals surface area (Å²) in [5.41, 5.74) is 0.677. The van der Waals surface area contributed by atoms with E-state index in [-0.39, 0.29) is 17.7 Å². The summed E-state index contributed by atoms with van der Waals surface area (Å²) in [6.45, 7) is 4.32. The van der Waals surface area contributed by atoms with Crippen LogP contribution in [0.3, 0.4) is 0 Å². The molecule has 2 saturated heterocycles. The normalized spacial score (nSPS) is 20.1. The molecule has 2 fully saturated rings. The van der Waals surface area contributed by atoms with Crippen LogP contribution < -0.4 is 0 Å². The molecule has 0 N–H and O–H groups in total. The van der Waals surface area contributed by atoms with Crippen LogP contribution in [0.4, 0.5) is 26.3 Å². The molecule has 4 nitrogen and oxygen atoms in total. The van der Waals surface area contributed by atoms with E-state index in [1.165, 1.54) is 41.7 Å². The topological polar surface area (TPSA) is 26.8 Å². The van der Waals surface area contributed by atoms with E-state index >= 15 is 0 Å². The van der Waals surface area contributed by atoms with Crippen molar-refractivity contribution in [2.75, 3.05) is 39.8 Å². The highest BCUT2D eigenvalue weighted by Crippen LogP contribution is 2.37. The average molecular weight is 610 g/mol. The van der Waals surface area contributed by atoms with Gasteiger partial charge in [-0.3, -0.25) is 9.69 Å². The number of likely N-dealkylation sites (N-methyl/N-ethyl adjacent to an activating group) is 1. The first-order chi connectivity index (χ1) is 20.4. The lowest BCUT2D eigenvalue weighted by atomic mass is 9.88. The monoisotopic (exact) mass is 609 g/mol. The molecule has 2 aromatic carbocycles. The SMILES string of the molecule is CN(CC(c1ccc2c(c1)CCCC2)N1CCC(N2CCCCC2)CC1)C(=O)Cc1cc(C(F)(F)F)cc(C(F)(F)F)c1. The molecule has 0 spiro atoms. The van der Waals surface area contributed by atoms with Crippen LogP contribution in [0.1, 0.15) is 84.4 Å². The molecule has 10 heteroatoms. The highest BCUT2D eigenvalue weighted by Gasteiger charge is 2.37. The molecule has 2 heterocycles. The molecule has 236 valence electrons. The van der Waals surface area contributed by atoms with Gasteiger partial charge in [-0.1, -0.05) is 24.6 Å². The maximum atomic E-state index is 13.4. The number of halogens is 6. The van der Waals surface area contributed by atoms with Gasteiger partial charge in [0.05, 0.1) is 23.6 Å². The Bertz CT molecular complexity index is 1230. The molecular formula is C33H41F6N3O. The Morgan fingerprint density at radius 2 is 1.42 bits per heavy atom. The lowest BCUT2D eigenvalue weighted by Gasteiger charge is -2.43. The van der Waals surface area contributed by atoms with Gasteiger partial charge in [0.15, 0.2) is 0 Å². The van der Waals surface area contributed by atoms with Gasteiger partial charge in [0.25, 0.3) is 0 Å². The van der Waals surface area contributed by atoms with E-state index in [1.807, 2.05) is 0 Å². The van der Waals surface area contributed by atoms with Crippen molar-refractivity contribution in [3.05, 3.63) is 69.8 Å². The number of nitrogens with zero attached hydrogens (tertiary/aromatic N) is 3. The summed E-state index contributed by atoms with van der Waals surface area (Å²) in [4.78, 5) is 19.8. The Morgan fingerprint density at radius 3 is 2.02 bits per heavy atom. The highest BCUT2D eigenvalue weighted by molar-refractivity contribution is 5.78. The molecule has 0 radical (unpaired) electrons. The maximum Gasteiger partial charge on any atom is 0.416 e. The van der Waals surface area contributed by atoms with E-state index in [1.54, 1.807) is 7.05 Å². The van der Waals surface area contributed by atoms with E-state index in [9.17, 15) is 31.1 Å². The van der Waals surface area contributed by atoms with Gasteiger partial charge in [0.1, 0.15) is 0 Å². The molecule has 2 aliphatic heterocycles. The summed E-state index contributed by atoms with van der Waals surface area (Å²) in [6, 6.07) is 8.38. The third-order valence-corrected chi connectivity index (χ3v) is 9.48. The molecule has 1 amide bonds. The van der Waals surface area contributed by atoms with Crippen molar-refractivity contribution in [3.8, 4) is 0 Å². The molecule has 43 heavy (non-hydrogen) atoms. The summed E-state index contributed by atoms with van der Waals surface area (Å²) in [6.07, 6.45) is -0.261. The number of carbonyl (C=O) groups is 1. The Kier molecular flexibility index (Phi) is 9.76. The number of alkyl halides is 6. The van der Waals surface area contributed by atoms with Crippen molar-refractivity contribution in [2.24, 2.45) is 0 Å². The fraction of sp³-hybridized carbons (Fsp3) is 0.606. The number of amides is 1. The molecule has 0 bridgehead atoms. The summed E-state index contributed by atoms with van der Waals surface area (Å²) in [5.74, 6) is -0.515. The van der Waals surface area contributed by atoms with Crippen molar-refractivity contribution < 1.29 is 31.1 Å². The van der Waals surface area contributed by atoms with Crippen LogP contribution in [0.25, 0.3) is 0 Å². The van der Waals surface area contributed by atoms with Crippen LogP contribution in [0.2, 0.25) is 0 Å². The number of rotatable bonds is 7. The van der Waals surface area contributed by atoms with Crippen LogP contribution in [0.15, 0.2) is 36.4 Å². The number of piperidine rings is 2. The van der Waals surface area contributed by atoms with Gasteiger partial charge in [-0.05, 0) is 105 Å². The van der Waals surface area contributed by atoms with Crippen LogP contribution >= 0.6 is 0 Å². The standard InChI is InChI=1S/C33H41F6N3O/c1-40(31(43)19-23-17-27(32(34,35)36)21-28(18-23)33(37,38)39)22-30(26-10-9-24-7-3-4-8-25(24)20-26)42-15-11-29(12-16-42)41-13-5-2-6-14-41/h9-10,17-18,20-21,29-30H,2-8,11-16,19,22H2,1H3. The zero-order valence-electron chi connectivity index (χ0n) is 24.7. The van der Waals surface area contributed by atoms with Gasteiger partial charge in [-0.15, -0.1) is 0 Å². The van der Waals surface area contributed by atoms with Crippen molar-refractivity contribution >= 4 is 5.91 Å². The number of likely N-dealkylation sites (tertiary alicyclic amines) is 2. The number of benzene rings is 2. The molecule has 1 unspecified atom stereocenters. The fourth-order valence-corrected chi connectivity index (χ4v) is 7.03. The average Bonchev–Trinajstić information content (AvgIpc) is 2.99. The second kappa shape index (κ2) is 13.2. The molecule has 1 atom stereocenters. The molecule has 5 rings (SSSR count). The first-order valence-corrected chi connectivity index (χ1v) is 15.5. The minimum Gasteiger partial charge on any atom is -0.344 e. The van der Waals surface area contributed by atoms with Crippen molar-refractivity contribution in [3.63, 3.8) is 0 Å². The minimum atomic E-state index is -4.96. The third-order valence-electron chi connectivity index (χ3n) is 9.48. The second-order valence-corrected chi connectivity index (χ2v) is 12.5. The van der Waals surface area contributed by atoms with E-state index in [2.05, 4.69) is 28.0 Å². The highest BCUT2D eigenvalue weighted by atomic mass is 19.4. The quantitative estimate of drug-likeness (QED) is 0.309. The number of fused-ring (bicyclic) bond motifs is 1. The zero-order chi connectivity index (χ0) is 30.8. The lowest BCUT2D eigenvalue weighted by molar-refractivity contribution is -0.143. The minimum absolute atomic E-state index is 0.0946. The first kappa shape index (κ1) is 31.8. The van der Waals surface area contributed by atoms with Crippen LogP contribution in [-0.2, 0) is 36.4 Å². The Hall–Kier alpha value is -2.59. The molecule has 0 saturated carbocycles. The fourth-order valence-electron chi connectivity index (χ4n) is 7.03. The van der Waals surface area contributed by atoms with Gasteiger partial charge in [0.2, 0.25) is 5.91 Å². The van der Waals surface area contributed by atoms with Crippen molar-refractivity contribution in [1.29, 1.82) is 0 Å². The van der Waals surface area contributed by atoms with E-state index in [0.717, 1.165) is 63.8 Å². The van der Waals surface area contributed by atoms with Crippen molar-refractivity contribution in [1.82, 2.24) is 14.7 Å². The molecule has 0 aromatic heterocycles. The summed E-state index contributed by atoms with van der Waals surface area (Å²) in [5, 5.41) is 0. The number of carbonyl (C=O) groups excluding carboxylic acids is 1. The molecule has 2 aromatic rings. The summed E-state index contributed by atoms with van der Waals surface area (Å²) in [7, 11) is 1.59. The van der Waals surface area contributed by atoms with Crippen LogP contribution in [-0.4, -0.2) is 66.4 Å². The van der Waals surface area contributed by atoms with E-state index < -0.39 is 35.8 Å². The number of hydrogen-bond donors (Lipinski definition) is 0. The molecule has 1 aliphatic carbocycles. The maximum absolute atomic E-state index is 13.4. The molecule has 3 aliphatic rings. The Balaban J connectivity index is 1.34. The van der Waals surface area contributed by atoms with Gasteiger partial charge in [-0.2, -0.15) is 26.3 Å². The molecular weight excluding hydrogens is 568 g/mol. The predicted octanol–water partition coefficient (Wildman–Crippen LogP) is 7.30. The van der Waals surface area contributed by atoms with Crippen molar-refractivity contribution in [2.45, 2.75) is 88.6 Å². The first-order valence-electron chi connectivity index (χ1n) is 15.5. The largest absolute Gasteiger partial charge is 0.416 e. The van der Waals surface area contributed by atoms with Crippen LogP contribution in [0.5, 0.6) is 0 Å². The van der Waals surface area contributed by atoms with Gasteiger partial charge < -0.3 is 9.80 Å². The Morgan fingerprint density at radius 1 is 0.814 bits per heavy atom. The summed E-state index contributed by atoms with van der Waals surface area (Å²) >= 11 is 0. The number of aryl methyl sites for hydroxylation is 2. The van der Waals surface area contributed by atoms with Gasteiger partial charge in [-0.25, -0.2) is 0 Å². The van der Waals surface area contributed by atoms with E-state index in [4.69, 9.17) is 0 Å². The summed E-state index contributed by atoms with van der Waals surface area (Å²) < 4.78 is 80.4. The van der Waals surface area contributed by atoms with Gasteiger partial charge >= 0.3 is 12.4 Å². The zero-order valence-corrected chi connectivity index (χ0v) is 24.7. The van der Waals surface area contributed by atoms with E-state index in [0.29, 0.717) is 24.7 Å². The smallest absolute Gasteiger partial charge is 0.344 e.